The number of methoxy groups -OCH3 is 1. The van der Waals surface area contributed by atoms with Crippen LogP contribution < -0.4 is 4.72 Å². The summed E-state index contributed by atoms with van der Waals surface area (Å²) in [6, 6.07) is 2.42. The van der Waals surface area contributed by atoms with Crippen LogP contribution in [0.2, 0.25) is 0 Å². The van der Waals surface area contributed by atoms with Crippen LogP contribution in [-0.4, -0.2) is 85.2 Å². The molecule has 0 radical (unpaired) electrons. The predicted octanol–water partition coefficient (Wildman–Crippen LogP) is 2.07. The van der Waals surface area contributed by atoms with E-state index in [0.717, 1.165) is 37.3 Å². The molecule has 2 aromatic rings. The molecule has 0 spiro atoms. The number of likely N-dealkylation sites (tertiary alicyclic amines) is 2. The summed E-state index contributed by atoms with van der Waals surface area (Å²) in [7, 11) is -1.42. The summed E-state index contributed by atoms with van der Waals surface area (Å²) in [6.07, 6.45) is -2.13. The van der Waals surface area contributed by atoms with Crippen LogP contribution in [0.25, 0.3) is 10.6 Å². The zero-order valence-electron chi connectivity index (χ0n) is 20.3. The van der Waals surface area contributed by atoms with Crippen LogP contribution in [0.1, 0.15) is 31.4 Å². The zero-order chi connectivity index (χ0) is 27.0. The van der Waals surface area contributed by atoms with Gasteiger partial charge in [-0.1, -0.05) is 0 Å². The van der Waals surface area contributed by atoms with E-state index in [4.69, 9.17) is 4.74 Å². The van der Waals surface area contributed by atoms with Crippen molar-refractivity contribution in [3.63, 3.8) is 0 Å². The van der Waals surface area contributed by atoms with Gasteiger partial charge in [0, 0.05) is 27.2 Å². The van der Waals surface area contributed by atoms with E-state index in [1.54, 1.807) is 12.0 Å². The number of halogens is 3. The molecular formula is C22H28F3N5O5S2. The molecule has 37 heavy (non-hydrogen) atoms. The monoisotopic (exact) mass is 563 g/mol. The first-order chi connectivity index (χ1) is 17.4. The Morgan fingerprint density at radius 1 is 1.24 bits per heavy atom. The smallest absolute Gasteiger partial charge is 0.383 e. The lowest BCUT2D eigenvalue weighted by molar-refractivity contribution is -0.144. The number of hydrogen-bond acceptors (Lipinski definition) is 7. The molecule has 15 heteroatoms. The second-order valence-corrected chi connectivity index (χ2v) is 12.1. The summed E-state index contributed by atoms with van der Waals surface area (Å²) in [5.41, 5.74) is -0.961. The van der Waals surface area contributed by atoms with E-state index in [0.29, 0.717) is 30.8 Å². The number of nitrogens with zero attached hydrogens (tertiary/aromatic N) is 4. The van der Waals surface area contributed by atoms with E-state index < -0.39 is 33.8 Å². The fourth-order valence-corrected chi connectivity index (χ4v) is 7.19. The molecule has 10 nitrogen and oxygen atoms in total. The van der Waals surface area contributed by atoms with E-state index in [1.165, 1.54) is 17.0 Å². The molecule has 2 atom stereocenters. The Bertz CT molecular complexity index is 1260. The lowest BCUT2D eigenvalue weighted by Crippen LogP contribution is -2.55. The van der Waals surface area contributed by atoms with Gasteiger partial charge in [0.25, 0.3) is 10.0 Å². The largest absolute Gasteiger partial charge is 0.433 e. The molecule has 4 heterocycles. The van der Waals surface area contributed by atoms with E-state index in [2.05, 4.69) is 9.82 Å². The number of sulfonamides is 1. The van der Waals surface area contributed by atoms with Gasteiger partial charge in [-0.15, -0.1) is 11.3 Å². The minimum absolute atomic E-state index is 0.00612. The van der Waals surface area contributed by atoms with Crippen LogP contribution in [0.5, 0.6) is 0 Å². The number of hydrogen-bond donors (Lipinski definition) is 1. The quantitative estimate of drug-likeness (QED) is 0.526. The van der Waals surface area contributed by atoms with E-state index in [9.17, 15) is 31.2 Å². The number of nitrogens with one attached hydrogen (secondary N) is 1. The number of alkyl halides is 3. The molecule has 2 aliphatic rings. The van der Waals surface area contributed by atoms with Crippen molar-refractivity contribution in [3.8, 4) is 10.6 Å². The van der Waals surface area contributed by atoms with Crippen LogP contribution in [0.3, 0.4) is 0 Å². The highest BCUT2D eigenvalue weighted by molar-refractivity contribution is 7.91. The standard InChI is InChI=1S/C22H28F3N5O5S2/c1-28-18(22(23,24)25)11-16(26-28)17-7-8-20(36-17)37(33,34)27-15-6-4-9-29(21(15)32)12-19(31)30-10-3-5-14(30)13-35-2/h7-8,11,14-15,27H,3-6,9-10,12-13H2,1-2H3/t14-,15-/m0/s1. The van der Waals surface area contributed by atoms with Crippen LogP contribution in [0.15, 0.2) is 22.4 Å². The highest BCUT2D eigenvalue weighted by atomic mass is 32.2. The number of amides is 2. The molecule has 0 unspecified atom stereocenters. The minimum Gasteiger partial charge on any atom is -0.383 e. The Hall–Kier alpha value is -2.49. The van der Waals surface area contributed by atoms with Gasteiger partial charge in [-0.05, 0) is 43.9 Å². The van der Waals surface area contributed by atoms with Gasteiger partial charge in [-0.2, -0.15) is 23.0 Å². The first-order valence-electron chi connectivity index (χ1n) is 11.7. The third-order valence-electron chi connectivity index (χ3n) is 6.48. The molecule has 2 aliphatic heterocycles. The van der Waals surface area contributed by atoms with Gasteiger partial charge in [0.15, 0.2) is 0 Å². The molecule has 2 saturated heterocycles. The molecule has 2 amide bonds. The molecular weight excluding hydrogens is 535 g/mol. The van der Waals surface area contributed by atoms with Gasteiger partial charge >= 0.3 is 6.18 Å². The number of aryl methyl sites for hydroxylation is 1. The van der Waals surface area contributed by atoms with Crippen molar-refractivity contribution < 1.29 is 35.9 Å². The van der Waals surface area contributed by atoms with Crippen LogP contribution in [0.4, 0.5) is 13.2 Å². The van der Waals surface area contributed by atoms with Gasteiger partial charge in [0.1, 0.15) is 21.6 Å². The average molecular weight is 564 g/mol. The minimum atomic E-state index is -4.60. The summed E-state index contributed by atoms with van der Waals surface area (Å²) < 4.78 is 73.4. The number of carbonyl (C=O) groups is 2. The molecule has 0 bridgehead atoms. The molecule has 2 fully saturated rings. The van der Waals surface area contributed by atoms with Crippen molar-refractivity contribution in [3.05, 3.63) is 23.9 Å². The molecule has 0 saturated carbocycles. The van der Waals surface area contributed by atoms with Crippen molar-refractivity contribution in [1.82, 2.24) is 24.3 Å². The van der Waals surface area contributed by atoms with Crippen LogP contribution in [-0.2, 0) is 37.6 Å². The van der Waals surface area contributed by atoms with Gasteiger partial charge in [-0.3, -0.25) is 14.3 Å². The van der Waals surface area contributed by atoms with E-state index >= 15 is 0 Å². The summed E-state index contributed by atoms with van der Waals surface area (Å²) in [6.45, 7) is 1.21. The molecule has 0 aromatic carbocycles. The Labute approximate surface area is 216 Å². The maximum absolute atomic E-state index is 13.1. The van der Waals surface area contributed by atoms with Crippen LogP contribution >= 0.6 is 11.3 Å². The number of aromatic nitrogens is 2. The summed E-state index contributed by atoms with van der Waals surface area (Å²) in [5, 5.41) is 3.84. The van der Waals surface area contributed by atoms with Gasteiger partial charge in [-0.25, -0.2) is 8.42 Å². The SMILES string of the molecule is COC[C@@H]1CCCN1C(=O)CN1CCC[C@H](NS(=O)(=O)c2ccc(-c3cc(C(F)(F)F)n(C)n3)s2)C1=O. The van der Waals surface area contributed by atoms with Crippen molar-refractivity contribution in [1.29, 1.82) is 0 Å². The number of thiophene rings is 1. The summed E-state index contributed by atoms with van der Waals surface area (Å²) >= 11 is 0.757. The summed E-state index contributed by atoms with van der Waals surface area (Å²) in [5.74, 6) is -0.685. The molecule has 2 aromatic heterocycles. The number of piperidine rings is 1. The van der Waals surface area contributed by atoms with Crippen molar-refractivity contribution in [2.75, 3.05) is 33.4 Å². The second kappa shape index (κ2) is 10.7. The Morgan fingerprint density at radius 3 is 2.65 bits per heavy atom. The maximum Gasteiger partial charge on any atom is 0.433 e. The fourth-order valence-electron chi connectivity index (χ4n) is 4.69. The zero-order valence-corrected chi connectivity index (χ0v) is 22.0. The van der Waals surface area contributed by atoms with Crippen molar-refractivity contribution in [2.45, 2.75) is 48.2 Å². The molecule has 4 rings (SSSR count). The molecule has 1 N–H and O–H groups in total. The Balaban J connectivity index is 1.43. The lowest BCUT2D eigenvalue weighted by Gasteiger charge is -2.34. The molecule has 0 aliphatic carbocycles. The first-order valence-corrected chi connectivity index (χ1v) is 14.0. The highest BCUT2D eigenvalue weighted by Gasteiger charge is 2.37. The molecule has 204 valence electrons. The number of carbonyl (C=O) groups excluding carboxylic acids is 2. The third kappa shape index (κ3) is 5.99. The summed E-state index contributed by atoms with van der Waals surface area (Å²) in [4.78, 5) is 29.2. The number of rotatable bonds is 8. The predicted molar refractivity (Wildman–Crippen MR) is 128 cm³/mol. The Morgan fingerprint density at radius 2 is 1.97 bits per heavy atom. The van der Waals surface area contributed by atoms with Gasteiger partial charge in [0.05, 0.1) is 24.1 Å². The second-order valence-electron chi connectivity index (χ2n) is 9.07. The average Bonchev–Trinajstić information content (AvgIpc) is 3.55. The van der Waals surface area contributed by atoms with E-state index in [1.807, 2.05) is 0 Å². The van der Waals surface area contributed by atoms with Crippen molar-refractivity contribution in [2.24, 2.45) is 7.05 Å². The van der Waals surface area contributed by atoms with Gasteiger partial charge < -0.3 is 14.5 Å². The lowest BCUT2D eigenvalue weighted by atomic mass is 10.1. The fraction of sp³-hybridized carbons (Fsp3) is 0.591. The van der Waals surface area contributed by atoms with E-state index in [-0.39, 0.29) is 39.7 Å². The maximum atomic E-state index is 13.1. The number of ether oxygens (including phenoxy) is 1. The van der Waals surface area contributed by atoms with Crippen LogP contribution in [0, 0.1) is 0 Å². The Kier molecular flexibility index (Phi) is 7.97. The third-order valence-corrected chi connectivity index (χ3v) is 9.55. The normalized spacial score (nSPS) is 21.2. The van der Waals surface area contributed by atoms with Crippen molar-refractivity contribution >= 4 is 33.2 Å². The van der Waals surface area contributed by atoms with Gasteiger partial charge in [0.2, 0.25) is 11.8 Å². The highest BCUT2D eigenvalue weighted by Crippen LogP contribution is 2.35. The topological polar surface area (TPSA) is 114 Å². The first kappa shape index (κ1) is 27.5.